The Morgan fingerprint density at radius 2 is 2.05 bits per heavy atom. The summed E-state index contributed by atoms with van der Waals surface area (Å²) in [5.74, 6) is 0.368. The number of hydrogen-bond donors (Lipinski definition) is 0. The molecule has 100 valence electrons. The van der Waals surface area contributed by atoms with Crippen molar-refractivity contribution in [2.24, 2.45) is 0 Å². The van der Waals surface area contributed by atoms with E-state index in [0.717, 1.165) is 5.69 Å². The van der Waals surface area contributed by atoms with E-state index in [2.05, 4.69) is 4.98 Å². The van der Waals surface area contributed by atoms with E-state index in [1.54, 1.807) is 31.4 Å². The average Bonchev–Trinajstić information content (AvgIpc) is 2.38. The third kappa shape index (κ3) is 3.38. The van der Waals surface area contributed by atoms with E-state index in [4.69, 9.17) is 4.74 Å². The smallest absolute Gasteiger partial charge is 0.139 e. The molecule has 1 unspecified atom stereocenters. The zero-order valence-electron chi connectivity index (χ0n) is 10.7. The highest BCUT2D eigenvalue weighted by Gasteiger charge is 2.11. The molecular weight excluding hydrogens is 265 g/mol. The van der Waals surface area contributed by atoms with Crippen LogP contribution in [0.1, 0.15) is 11.4 Å². The molecule has 0 radical (unpaired) electrons. The molecule has 0 aliphatic heterocycles. The lowest BCUT2D eigenvalue weighted by molar-refractivity contribution is 0.413. The van der Waals surface area contributed by atoms with Crippen LogP contribution >= 0.6 is 0 Å². The van der Waals surface area contributed by atoms with Gasteiger partial charge in [0.15, 0.2) is 0 Å². The van der Waals surface area contributed by atoms with Crippen molar-refractivity contribution in [2.45, 2.75) is 17.6 Å². The summed E-state index contributed by atoms with van der Waals surface area (Å²) in [7, 11) is 0.104. The minimum Gasteiger partial charge on any atom is -0.497 e. The van der Waals surface area contributed by atoms with Gasteiger partial charge in [-0.05, 0) is 19.1 Å². The van der Waals surface area contributed by atoms with E-state index >= 15 is 0 Å². The molecule has 2 rings (SSSR count). The van der Waals surface area contributed by atoms with E-state index < -0.39 is 16.6 Å². The van der Waals surface area contributed by atoms with Gasteiger partial charge in [-0.25, -0.2) is 4.39 Å². The third-order valence-corrected chi connectivity index (χ3v) is 3.96. The summed E-state index contributed by atoms with van der Waals surface area (Å²) in [4.78, 5) is 4.48. The molecule has 0 aliphatic rings. The molecular formula is C14H14FNO2S. The van der Waals surface area contributed by atoms with Crippen molar-refractivity contribution in [3.63, 3.8) is 0 Å². The summed E-state index contributed by atoms with van der Waals surface area (Å²) >= 11 is 0. The van der Waals surface area contributed by atoms with Gasteiger partial charge in [0.1, 0.15) is 11.6 Å². The summed E-state index contributed by atoms with van der Waals surface area (Å²) in [6.45, 7) is 1.83. The van der Waals surface area contributed by atoms with Crippen LogP contribution in [0.25, 0.3) is 0 Å². The summed E-state index contributed by atoms with van der Waals surface area (Å²) < 4.78 is 30.8. The van der Waals surface area contributed by atoms with Crippen LogP contribution in [0.3, 0.4) is 0 Å². The van der Waals surface area contributed by atoms with Crippen molar-refractivity contribution >= 4 is 10.8 Å². The number of aryl methyl sites for hydroxylation is 1. The highest BCUT2D eigenvalue weighted by Crippen LogP contribution is 2.18. The zero-order chi connectivity index (χ0) is 13.8. The van der Waals surface area contributed by atoms with Crippen molar-refractivity contribution in [1.82, 2.24) is 4.98 Å². The van der Waals surface area contributed by atoms with Crippen LogP contribution in [-0.4, -0.2) is 16.3 Å². The second-order valence-corrected chi connectivity index (χ2v) is 5.48. The minimum atomic E-state index is -1.46. The molecule has 1 heterocycles. The van der Waals surface area contributed by atoms with Gasteiger partial charge in [0.25, 0.3) is 0 Å². The van der Waals surface area contributed by atoms with Crippen molar-refractivity contribution in [2.75, 3.05) is 7.11 Å². The largest absolute Gasteiger partial charge is 0.497 e. The predicted molar refractivity (Wildman–Crippen MR) is 72.0 cm³/mol. The minimum absolute atomic E-state index is 0.166. The first-order valence-corrected chi connectivity index (χ1v) is 7.06. The molecule has 0 saturated heterocycles. The van der Waals surface area contributed by atoms with Gasteiger partial charge in [-0.3, -0.25) is 9.19 Å². The SMILES string of the molecule is COc1cc(C)nc(CS(=O)c2ccccc2F)c1. The summed E-state index contributed by atoms with van der Waals surface area (Å²) in [5.41, 5.74) is 1.40. The number of benzene rings is 1. The van der Waals surface area contributed by atoms with Crippen molar-refractivity contribution in [3.05, 3.63) is 53.6 Å². The molecule has 3 nitrogen and oxygen atoms in total. The van der Waals surface area contributed by atoms with Crippen molar-refractivity contribution in [1.29, 1.82) is 0 Å². The molecule has 0 spiro atoms. The first kappa shape index (κ1) is 13.7. The number of ether oxygens (including phenoxy) is 1. The Morgan fingerprint density at radius 3 is 2.74 bits per heavy atom. The molecule has 0 fully saturated rings. The Hall–Kier alpha value is -1.75. The molecule has 0 N–H and O–H groups in total. The molecule has 0 bridgehead atoms. The number of aromatic nitrogens is 1. The lowest BCUT2D eigenvalue weighted by Gasteiger charge is -2.06. The van der Waals surface area contributed by atoms with Gasteiger partial charge in [0.2, 0.25) is 0 Å². The van der Waals surface area contributed by atoms with Crippen LogP contribution in [-0.2, 0) is 16.6 Å². The van der Waals surface area contributed by atoms with Crippen LogP contribution in [0.5, 0.6) is 5.75 Å². The molecule has 1 aromatic heterocycles. The fourth-order valence-electron chi connectivity index (χ4n) is 1.74. The highest BCUT2D eigenvalue weighted by molar-refractivity contribution is 7.84. The number of nitrogens with zero attached hydrogens (tertiary/aromatic N) is 1. The first-order valence-electron chi connectivity index (χ1n) is 5.74. The van der Waals surface area contributed by atoms with Crippen LogP contribution in [0, 0.1) is 12.7 Å². The lowest BCUT2D eigenvalue weighted by atomic mass is 10.3. The maximum absolute atomic E-state index is 13.5. The normalized spacial score (nSPS) is 12.2. The number of rotatable bonds is 4. The number of pyridine rings is 1. The van der Waals surface area contributed by atoms with Gasteiger partial charge >= 0.3 is 0 Å². The molecule has 0 saturated carbocycles. The van der Waals surface area contributed by atoms with E-state index in [-0.39, 0.29) is 10.6 Å². The maximum atomic E-state index is 13.5. The quantitative estimate of drug-likeness (QED) is 0.864. The Bertz CT molecular complexity index is 616. The third-order valence-electron chi connectivity index (χ3n) is 2.58. The summed E-state index contributed by atoms with van der Waals surface area (Å²) in [5, 5.41) is 0. The monoisotopic (exact) mass is 279 g/mol. The van der Waals surface area contributed by atoms with Crippen LogP contribution in [0.2, 0.25) is 0 Å². The second kappa shape index (κ2) is 5.93. The maximum Gasteiger partial charge on any atom is 0.139 e. The van der Waals surface area contributed by atoms with Gasteiger partial charge < -0.3 is 4.74 Å². The fraction of sp³-hybridized carbons (Fsp3) is 0.214. The number of halogens is 1. The molecule has 0 aliphatic carbocycles. The van der Waals surface area contributed by atoms with Crippen LogP contribution in [0.4, 0.5) is 4.39 Å². The van der Waals surface area contributed by atoms with Gasteiger partial charge in [-0.2, -0.15) is 0 Å². The van der Waals surface area contributed by atoms with Gasteiger partial charge in [-0.1, -0.05) is 12.1 Å². The number of hydrogen-bond acceptors (Lipinski definition) is 3. The molecule has 5 heteroatoms. The Labute approximate surface area is 113 Å². The fourth-order valence-corrected chi connectivity index (χ4v) is 2.82. The second-order valence-electron chi connectivity index (χ2n) is 4.06. The van der Waals surface area contributed by atoms with Crippen LogP contribution in [0.15, 0.2) is 41.3 Å². The molecule has 2 aromatic rings. The zero-order valence-corrected chi connectivity index (χ0v) is 11.5. The Balaban J connectivity index is 2.24. The van der Waals surface area contributed by atoms with Gasteiger partial charge in [0, 0.05) is 17.8 Å². The predicted octanol–water partition coefficient (Wildman–Crippen LogP) is 2.85. The molecule has 1 atom stereocenters. The molecule has 19 heavy (non-hydrogen) atoms. The first-order chi connectivity index (χ1) is 9.10. The van der Waals surface area contributed by atoms with E-state index in [9.17, 15) is 8.60 Å². The Morgan fingerprint density at radius 1 is 1.32 bits per heavy atom. The standard InChI is InChI=1S/C14H14FNO2S/c1-10-7-12(18-2)8-11(16-10)9-19(17)14-6-4-3-5-13(14)15/h3-8H,9H2,1-2H3. The van der Waals surface area contributed by atoms with Crippen LogP contribution < -0.4 is 4.74 Å². The van der Waals surface area contributed by atoms with E-state index in [0.29, 0.717) is 11.4 Å². The van der Waals surface area contributed by atoms with Gasteiger partial charge in [0.05, 0.1) is 34.3 Å². The van der Waals surface area contributed by atoms with E-state index in [1.165, 1.54) is 12.1 Å². The Kier molecular flexibility index (Phi) is 4.27. The number of methoxy groups -OCH3 is 1. The van der Waals surface area contributed by atoms with E-state index in [1.807, 2.05) is 6.92 Å². The molecule has 1 aromatic carbocycles. The summed E-state index contributed by atoms with van der Waals surface area (Å²) in [6.07, 6.45) is 0. The van der Waals surface area contributed by atoms with Crippen molar-refractivity contribution in [3.8, 4) is 5.75 Å². The highest BCUT2D eigenvalue weighted by atomic mass is 32.2. The average molecular weight is 279 g/mol. The topological polar surface area (TPSA) is 39.2 Å². The van der Waals surface area contributed by atoms with Crippen molar-refractivity contribution < 1.29 is 13.3 Å². The summed E-state index contributed by atoms with van der Waals surface area (Å²) in [6, 6.07) is 9.57. The molecule has 0 amide bonds. The lowest BCUT2D eigenvalue weighted by Crippen LogP contribution is -2.02. The van der Waals surface area contributed by atoms with Gasteiger partial charge in [-0.15, -0.1) is 0 Å².